The van der Waals surface area contributed by atoms with Crippen molar-refractivity contribution in [3.8, 4) is 6.07 Å². The van der Waals surface area contributed by atoms with Crippen LogP contribution in [0.1, 0.15) is 42.3 Å². The van der Waals surface area contributed by atoms with Gasteiger partial charge in [-0.05, 0) is 56.2 Å². The Morgan fingerprint density at radius 1 is 1.09 bits per heavy atom. The summed E-state index contributed by atoms with van der Waals surface area (Å²) in [6, 6.07) is 14.8. The van der Waals surface area contributed by atoms with E-state index in [0.29, 0.717) is 32.7 Å². The SMILES string of the molecule is CC(=O)Nc1nc2cnc(Nc3cc(NC(=O)c4cccc(C(C)(C)C#N)c4)ccc3C)nc2s1. The van der Waals surface area contributed by atoms with Gasteiger partial charge in [0.15, 0.2) is 9.96 Å². The molecule has 0 spiro atoms. The number of nitrogens with zero attached hydrogens (tertiary/aromatic N) is 4. The van der Waals surface area contributed by atoms with Crippen molar-refractivity contribution in [2.45, 2.75) is 33.1 Å². The molecule has 10 heteroatoms. The van der Waals surface area contributed by atoms with Crippen LogP contribution in [0.4, 0.5) is 22.5 Å². The molecule has 35 heavy (non-hydrogen) atoms. The molecule has 0 atom stereocenters. The Balaban J connectivity index is 1.53. The van der Waals surface area contributed by atoms with Crippen LogP contribution in [0.15, 0.2) is 48.7 Å². The van der Waals surface area contributed by atoms with Crippen LogP contribution in [0, 0.1) is 18.3 Å². The largest absolute Gasteiger partial charge is 0.324 e. The van der Waals surface area contributed by atoms with E-state index in [2.05, 4.69) is 37.0 Å². The van der Waals surface area contributed by atoms with Gasteiger partial charge in [-0.15, -0.1) is 0 Å². The highest BCUT2D eigenvalue weighted by atomic mass is 32.1. The molecule has 0 fully saturated rings. The van der Waals surface area contributed by atoms with Crippen molar-refractivity contribution >= 4 is 56.0 Å². The number of nitriles is 1. The van der Waals surface area contributed by atoms with Crippen LogP contribution in [-0.4, -0.2) is 26.8 Å². The van der Waals surface area contributed by atoms with Crippen LogP contribution in [-0.2, 0) is 10.2 Å². The highest BCUT2D eigenvalue weighted by Crippen LogP contribution is 2.28. The van der Waals surface area contributed by atoms with E-state index in [0.717, 1.165) is 16.8 Å². The van der Waals surface area contributed by atoms with E-state index < -0.39 is 5.41 Å². The molecule has 0 aliphatic rings. The lowest BCUT2D eigenvalue weighted by Crippen LogP contribution is -2.17. The molecule has 2 heterocycles. The second-order valence-corrected chi connectivity index (χ2v) is 9.49. The molecule has 0 aliphatic heterocycles. The first-order valence-electron chi connectivity index (χ1n) is 10.8. The average molecular weight is 486 g/mol. The monoisotopic (exact) mass is 485 g/mol. The third-order valence-electron chi connectivity index (χ3n) is 5.30. The molecular weight excluding hydrogens is 462 g/mol. The number of benzene rings is 2. The van der Waals surface area contributed by atoms with Crippen molar-refractivity contribution in [1.29, 1.82) is 5.26 Å². The molecule has 0 unspecified atom stereocenters. The fourth-order valence-electron chi connectivity index (χ4n) is 3.27. The van der Waals surface area contributed by atoms with Gasteiger partial charge in [0.1, 0.15) is 5.52 Å². The number of carbonyl (C=O) groups excluding carboxylic acids is 2. The minimum atomic E-state index is -0.695. The Kier molecular flexibility index (Phi) is 6.44. The second kappa shape index (κ2) is 9.48. The predicted octanol–water partition coefficient (Wildman–Crippen LogP) is 5.15. The van der Waals surface area contributed by atoms with Crippen molar-refractivity contribution in [3.05, 3.63) is 65.4 Å². The number of anilines is 4. The van der Waals surface area contributed by atoms with E-state index in [1.165, 1.54) is 18.3 Å². The number of aryl methyl sites for hydroxylation is 1. The highest BCUT2D eigenvalue weighted by Gasteiger charge is 2.21. The maximum atomic E-state index is 12.9. The molecule has 2 aromatic carbocycles. The molecule has 0 aliphatic carbocycles. The summed E-state index contributed by atoms with van der Waals surface area (Å²) < 4.78 is 0. The molecule has 2 aromatic heterocycles. The smallest absolute Gasteiger partial charge is 0.255 e. The number of hydrogen-bond acceptors (Lipinski definition) is 8. The van der Waals surface area contributed by atoms with Crippen molar-refractivity contribution in [1.82, 2.24) is 15.0 Å². The first-order chi connectivity index (χ1) is 16.6. The summed E-state index contributed by atoms with van der Waals surface area (Å²) in [6.45, 7) is 6.98. The van der Waals surface area contributed by atoms with Crippen LogP contribution >= 0.6 is 11.3 Å². The summed E-state index contributed by atoms with van der Waals surface area (Å²) in [7, 11) is 0. The zero-order valence-electron chi connectivity index (χ0n) is 19.6. The van der Waals surface area contributed by atoms with Gasteiger partial charge in [-0.3, -0.25) is 9.59 Å². The highest BCUT2D eigenvalue weighted by molar-refractivity contribution is 7.21. The molecule has 4 aromatic rings. The standard InChI is InChI=1S/C25H23N7O2S/c1-14-8-9-18(29-21(34)16-6-5-7-17(10-16)25(3,4)13-26)11-19(14)30-23-27-12-20-22(32-23)35-24(31-20)28-15(2)33/h5-12H,1-4H3,(H,29,34)(H,27,30,32)(H,28,31,33). The van der Waals surface area contributed by atoms with Gasteiger partial charge in [-0.2, -0.15) is 10.2 Å². The normalized spacial score (nSPS) is 11.1. The van der Waals surface area contributed by atoms with E-state index >= 15 is 0 Å². The van der Waals surface area contributed by atoms with Crippen LogP contribution in [0.5, 0.6) is 0 Å². The van der Waals surface area contributed by atoms with Crippen molar-refractivity contribution < 1.29 is 9.59 Å². The van der Waals surface area contributed by atoms with Gasteiger partial charge in [-0.25, -0.2) is 9.97 Å². The lowest BCUT2D eigenvalue weighted by atomic mass is 9.85. The van der Waals surface area contributed by atoms with Gasteiger partial charge in [0.25, 0.3) is 5.91 Å². The second-order valence-electron chi connectivity index (χ2n) is 8.51. The van der Waals surface area contributed by atoms with Gasteiger partial charge in [0, 0.05) is 23.9 Å². The maximum absolute atomic E-state index is 12.9. The first-order valence-corrected chi connectivity index (χ1v) is 11.6. The average Bonchev–Trinajstić information content (AvgIpc) is 3.22. The summed E-state index contributed by atoms with van der Waals surface area (Å²) in [4.78, 5) is 37.9. The van der Waals surface area contributed by atoms with Gasteiger partial charge in [-0.1, -0.05) is 29.5 Å². The Labute approximate surface area is 206 Å². The van der Waals surface area contributed by atoms with E-state index in [4.69, 9.17) is 0 Å². The van der Waals surface area contributed by atoms with Crippen LogP contribution in [0.3, 0.4) is 0 Å². The van der Waals surface area contributed by atoms with Gasteiger partial charge in [0.05, 0.1) is 17.7 Å². The maximum Gasteiger partial charge on any atom is 0.255 e. The van der Waals surface area contributed by atoms with Crippen LogP contribution < -0.4 is 16.0 Å². The quantitative estimate of drug-likeness (QED) is 0.344. The number of amides is 2. The minimum absolute atomic E-state index is 0.203. The number of fused-ring (bicyclic) bond motifs is 1. The van der Waals surface area contributed by atoms with E-state index in [9.17, 15) is 14.9 Å². The number of hydrogen-bond donors (Lipinski definition) is 3. The Bertz CT molecular complexity index is 1490. The molecule has 0 bridgehead atoms. The lowest BCUT2D eigenvalue weighted by molar-refractivity contribution is -0.114. The Morgan fingerprint density at radius 3 is 2.63 bits per heavy atom. The summed E-state index contributed by atoms with van der Waals surface area (Å²) in [6.07, 6.45) is 1.59. The van der Waals surface area contributed by atoms with E-state index in [1.54, 1.807) is 30.5 Å². The van der Waals surface area contributed by atoms with Crippen LogP contribution in [0.2, 0.25) is 0 Å². The lowest BCUT2D eigenvalue weighted by Gasteiger charge is -2.17. The molecule has 176 valence electrons. The number of rotatable bonds is 6. The number of thiazole rings is 1. The topological polar surface area (TPSA) is 133 Å². The van der Waals surface area contributed by atoms with Crippen molar-refractivity contribution in [2.75, 3.05) is 16.0 Å². The molecule has 0 saturated heterocycles. The number of nitrogens with one attached hydrogen (secondary N) is 3. The summed E-state index contributed by atoms with van der Waals surface area (Å²) >= 11 is 1.26. The number of carbonyl (C=O) groups is 2. The zero-order valence-corrected chi connectivity index (χ0v) is 20.4. The zero-order chi connectivity index (χ0) is 25.2. The molecule has 4 rings (SSSR count). The molecule has 0 radical (unpaired) electrons. The predicted molar refractivity (Wildman–Crippen MR) is 137 cm³/mol. The third-order valence-corrected chi connectivity index (χ3v) is 6.18. The molecule has 2 amide bonds. The van der Waals surface area contributed by atoms with Crippen LogP contribution in [0.25, 0.3) is 10.3 Å². The Morgan fingerprint density at radius 2 is 1.89 bits per heavy atom. The van der Waals surface area contributed by atoms with Gasteiger partial charge in [0.2, 0.25) is 11.9 Å². The van der Waals surface area contributed by atoms with E-state index in [1.807, 2.05) is 39.0 Å². The molecule has 3 N–H and O–H groups in total. The summed E-state index contributed by atoms with van der Waals surface area (Å²) in [5, 5.41) is 18.6. The van der Waals surface area contributed by atoms with Gasteiger partial charge >= 0.3 is 0 Å². The minimum Gasteiger partial charge on any atom is -0.324 e. The molecular formula is C25H23N7O2S. The molecule has 0 saturated carbocycles. The summed E-state index contributed by atoms with van der Waals surface area (Å²) in [5.41, 5.74) is 3.40. The number of aromatic nitrogens is 3. The van der Waals surface area contributed by atoms with E-state index in [-0.39, 0.29) is 11.8 Å². The first kappa shape index (κ1) is 23.8. The fraction of sp³-hybridized carbons (Fsp3) is 0.200. The van der Waals surface area contributed by atoms with Crippen molar-refractivity contribution in [3.63, 3.8) is 0 Å². The Hall–Kier alpha value is -4.36. The fourth-order valence-corrected chi connectivity index (χ4v) is 4.13. The molecule has 9 nitrogen and oxygen atoms in total. The van der Waals surface area contributed by atoms with Gasteiger partial charge < -0.3 is 16.0 Å². The van der Waals surface area contributed by atoms with Crippen molar-refractivity contribution in [2.24, 2.45) is 0 Å². The summed E-state index contributed by atoms with van der Waals surface area (Å²) in [5.74, 6) is -0.109. The third kappa shape index (κ3) is 5.42.